The van der Waals surface area contributed by atoms with Crippen LogP contribution in [0.25, 0.3) is 22.7 Å². The average molecular weight is 484 g/mol. The number of phenolic OH excluding ortho intramolecular Hbond substituents is 1. The molecule has 12 nitrogen and oxygen atoms in total. The minimum Gasteiger partial charge on any atom is -0.506 e. The van der Waals surface area contributed by atoms with E-state index in [0.29, 0.717) is 6.61 Å². The van der Waals surface area contributed by atoms with Gasteiger partial charge >= 0.3 is 0 Å². The molecule has 2 aromatic heterocycles. The van der Waals surface area contributed by atoms with Crippen LogP contribution in [-0.4, -0.2) is 64.0 Å². The Hall–Kier alpha value is -4.15. The number of benzene rings is 1. The number of ether oxygens (including phenoxy) is 2. The van der Waals surface area contributed by atoms with E-state index in [2.05, 4.69) is 36.1 Å². The van der Waals surface area contributed by atoms with Gasteiger partial charge in [-0.1, -0.05) is 11.8 Å². The number of para-hydroxylation sites is 1. The molecule has 0 saturated heterocycles. The Balaban J connectivity index is 2.10. The van der Waals surface area contributed by atoms with Gasteiger partial charge in [-0.15, -0.1) is 0 Å². The van der Waals surface area contributed by atoms with E-state index in [0.717, 1.165) is 6.26 Å². The number of nitrogens with zero attached hydrogens (tertiary/aromatic N) is 5. The quantitative estimate of drug-likeness (QED) is 0.422. The molecule has 0 spiro atoms. The standard InChI is InChI=1S/C21H20N6O6S/c1-4-33-16-10-5-7-12(22-16)20-25-19-21(24-18(13(11-28)23-19)26-34(3,30)31)27(20)17-14(29)8-6-9-15(17)32-2/h6,8-10,28-29H,4,11H2,1-3H3,(H,24,26). The van der Waals surface area contributed by atoms with Crippen LogP contribution in [0, 0.1) is 0 Å². The molecule has 34 heavy (non-hydrogen) atoms. The van der Waals surface area contributed by atoms with Gasteiger partial charge < -0.3 is 19.7 Å². The Kier molecular flexibility index (Phi) is 6.10. The number of aromatic hydroxyl groups is 1. The topological polar surface area (TPSA) is 161 Å². The van der Waals surface area contributed by atoms with Crippen molar-refractivity contribution in [2.45, 2.75) is 13.5 Å². The molecule has 0 bridgehead atoms. The lowest BCUT2D eigenvalue weighted by Crippen LogP contribution is -2.14. The first kappa shape index (κ1) is 23.0. The van der Waals surface area contributed by atoms with Crippen molar-refractivity contribution in [2.24, 2.45) is 4.99 Å². The van der Waals surface area contributed by atoms with Crippen LogP contribution in [0.5, 0.6) is 11.5 Å². The van der Waals surface area contributed by atoms with E-state index in [1.807, 2.05) is 0 Å². The molecule has 1 aromatic carbocycles. The molecule has 3 heterocycles. The summed E-state index contributed by atoms with van der Waals surface area (Å²) in [7, 11) is -2.31. The summed E-state index contributed by atoms with van der Waals surface area (Å²) in [5, 5.41) is 20.5. The fourth-order valence-corrected chi connectivity index (χ4v) is 3.74. The van der Waals surface area contributed by atoms with Crippen molar-refractivity contribution in [1.29, 1.82) is 0 Å². The first-order valence-electron chi connectivity index (χ1n) is 9.93. The molecule has 0 radical (unpaired) electrons. The number of aliphatic hydroxyl groups is 1. The number of sulfonamides is 1. The average Bonchev–Trinajstić information content (AvgIpc) is 3.15. The molecule has 1 aliphatic rings. The van der Waals surface area contributed by atoms with Crippen molar-refractivity contribution in [3.63, 3.8) is 0 Å². The third kappa shape index (κ3) is 4.36. The van der Waals surface area contributed by atoms with E-state index in [4.69, 9.17) is 9.47 Å². The number of aromatic nitrogens is 4. The molecule has 13 heteroatoms. The Morgan fingerprint density at radius 1 is 1.24 bits per heavy atom. The number of aliphatic hydroxyl groups excluding tert-OH is 1. The molecule has 0 unspecified atom stereocenters. The van der Waals surface area contributed by atoms with E-state index in [1.165, 1.54) is 23.8 Å². The van der Waals surface area contributed by atoms with Crippen LogP contribution in [0.2, 0.25) is 0 Å². The van der Waals surface area contributed by atoms with Gasteiger partial charge in [0.15, 0.2) is 28.6 Å². The minimum absolute atomic E-state index is 0.0371. The van der Waals surface area contributed by atoms with E-state index >= 15 is 0 Å². The molecule has 0 amide bonds. The first-order chi connectivity index (χ1) is 16.3. The Bertz CT molecular complexity index is 1530. The number of fused-ring (bicyclic) bond motifs is 1. The van der Waals surface area contributed by atoms with Crippen LogP contribution < -0.4 is 9.46 Å². The number of anilines is 1. The maximum absolute atomic E-state index is 11.9. The summed E-state index contributed by atoms with van der Waals surface area (Å²) in [6.45, 7) is 1.58. The molecule has 3 aromatic rings. The third-order valence-electron chi connectivity index (χ3n) is 4.53. The summed E-state index contributed by atoms with van der Waals surface area (Å²) < 4.78 is 38.3. The second-order valence-corrected chi connectivity index (χ2v) is 8.69. The van der Waals surface area contributed by atoms with Crippen molar-refractivity contribution in [2.75, 3.05) is 24.7 Å². The van der Waals surface area contributed by atoms with E-state index in [-0.39, 0.29) is 57.4 Å². The van der Waals surface area contributed by atoms with Gasteiger partial charge in [0.05, 0.1) is 32.7 Å². The van der Waals surface area contributed by atoms with Gasteiger partial charge in [-0.05, 0) is 24.8 Å². The van der Waals surface area contributed by atoms with Crippen LogP contribution in [0.15, 0.2) is 40.7 Å². The second kappa shape index (κ2) is 9.00. The molecule has 1 aliphatic heterocycles. The fourth-order valence-electron chi connectivity index (χ4n) is 3.23. The monoisotopic (exact) mass is 484 g/mol. The van der Waals surface area contributed by atoms with Gasteiger partial charge in [0.1, 0.15) is 22.9 Å². The molecule has 176 valence electrons. The van der Waals surface area contributed by atoms with Crippen LogP contribution >= 0.6 is 0 Å². The number of phenols is 1. The molecular weight excluding hydrogens is 464 g/mol. The van der Waals surface area contributed by atoms with Gasteiger partial charge in [-0.3, -0.25) is 9.29 Å². The van der Waals surface area contributed by atoms with Crippen molar-refractivity contribution < 1.29 is 28.1 Å². The zero-order chi connectivity index (χ0) is 24.5. The van der Waals surface area contributed by atoms with Crippen LogP contribution in [0.4, 0.5) is 5.82 Å². The normalized spacial score (nSPS) is 13.1. The second-order valence-electron chi connectivity index (χ2n) is 6.94. The number of hydrogen-bond acceptors (Lipinski definition) is 10. The third-order valence-corrected chi connectivity index (χ3v) is 5.10. The van der Waals surface area contributed by atoms with Crippen LogP contribution in [-0.2, 0) is 21.4 Å². The zero-order valence-corrected chi connectivity index (χ0v) is 19.2. The predicted molar refractivity (Wildman–Crippen MR) is 123 cm³/mol. The van der Waals surface area contributed by atoms with Crippen molar-refractivity contribution in [3.05, 3.63) is 47.3 Å². The lowest BCUT2D eigenvalue weighted by Gasteiger charge is -2.15. The molecular formula is C21H20N6O6S. The van der Waals surface area contributed by atoms with Crippen LogP contribution in [0.3, 0.4) is 0 Å². The van der Waals surface area contributed by atoms with Gasteiger partial charge in [-0.25, -0.2) is 28.4 Å². The highest BCUT2D eigenvalue weighted by atomic mass is 32.2. The lowest BCUT2D eigenvalue weighted by molar-refractivity contribution is 0.277. The van der Waals surface area contributed by atoms with Gasteiger partial charge in [0.25, 0.3) is 0 Å². The van der Waals surface area contributed by atoms with Gasteiger partial charge in [0.2, 0.25) is 15.9 Å². The zero-order valence-electron chi connectivity index (χ0n) is 18.4. The minimum atomic E-state index is -3.74. The predicted octanol–water partition coefficient (Wildman–Crippen LogP) is 1.49. The summed E-state index contributed by atoms with van der Waals surface area (Å²) in [6.07, 6.45) is 2.46. The van der Waals surface area contributed by atoms with E-state index in [1.54, 1.807) is 19.1 Å². The smallest absolute Gasteiger partial charge is 0.231 e. The number of hydrogen-bond donors (Lipinski definition) is 3. The maximum atomic E-state index is 11.9. The highest BCUT2D eigenvalue weighted by Crippen LogP contribution is 2.37. The number of imidazole rings is 1. The Morgan fingerprint density at radius 2 is 2.03 bits per heavy atom. The number of methoxy groups -OCH3 is 1. The highest BCUT2D eigenvalue weighted by Gasteiger charge is 2.26. The Morgan fingerprint density at radius 3 is 2.71 bits per heavy atom. The van der Waals surface area contributed by atoms with Crippen molar-refractivity contribution in [3.8, 4) is 17.2 Å². The first-order valence-corrected chi connectivity index (χ1v) is 11.8. The molecule has 0 fully saturated rings. The van der Waals surface area contributed by atoms with Crippen molar-refractivity contribution in [1.82, 2.24) is 19.5 Å². The fraction of sp³-hybridized carbons (Fsp3) is 0.238. The van der Waals surface area contributed by atoms with E-state index < -0.39 is 16.6 Å². The van der Waals surface area contributed by atoms with Gasteiger partial charge in [-0.2, -0.15) is 0 Å². The largest absolute Gasteiger partial charge is 0.506 e. The highest BCUT2D eigenvalue weighted by molar-refractivity contribution is 7.92. The number of aliphatic imine (C=N–C) groups is 1. The summed E-state index contributed by atoms with van der Waals surface area (Å²) in [6, 6.07) is 4.66. The summed E-state index contributed by atoms with van der Waals surface area (Å²) in [5.41, 5.74) is 6.11. The SMILES string of the molecule is CCOC1=NC(c2nc3nc(CO)c(NS(C)(=O)=O)nc3n2-c2c(O)cccc2OC)=C=C=C1. The molecule has 3 N–H and O–H groups in total. The van der Waals surface area contributed by atoms with Crippen LogP contribution in [0.1, 0.15) is 18.4 Å². The summed E-state index contributed by atoms with van der Waals surface area (Å²) in [5.74, 6) is 0.335. The molecule has 0 atom stereocenters. The van der Waals surface area contributed by atoms with Crippen molar-refractivity contribution >= 4 is 38.7 Å². The maximum Gasteiger partial charge on any atom is 0.231 e. The molecule has 4 rings (SSSR count). The lowest BCUT2D eigenvalue weighted by atomic mass is 10.2. The molecule has 0 aliphatic carbocycles. The summed E-state index contributed by atoms with van der Waals surface area (Å²) in [4.78, 5) is 17.5. The van der Waals surface area contributed by atoms with E-state index in [9.17, 15) is 18.6 Å². The summed E-state index contributed by atoms with van der Waals surface area (Å²) >= 11 is 0. The van der Waals surface area contributed by atoms with Gasteiger partial charge in [0, 0.05) is 0 Å². The Labute approximate surface area is 194 Å². The number of rotatable bonds is 7. The molecule has 0 saturated carbocycles. The number of nitrogens with one attached hydrogen (secondary N) is 1.